The summed E-state index contributed by atoms with van der Waals surface area (Å²) in [7, 11) is 0. The van der Waals surface area contributed by atoms with Gasteiger partial charge in [-0.05, 0) is 87.3 Å². The number of nitrogens with zero attached hydrogens (tertiary/aromatic N) is 2. The lowest BCUT2D eigenvalue weighted by atomic mass is 10.1. The molecule has 0 atom stereocenters. The highest BCUT2D eigenvalue weighted by atomic mass is 16.5. The average molecular weight is 554 g/mol. The zero-order valence-corrected chi connectivity index (χ0v) is 24.7. The van der Waals surface area contributed by atoms with E-state index in [4.69, 9.17) is 4.74 Å². The van der Waals surface area contributed by atoms with Crippen LogP contribution >= 0.6 is 0 Å². The number of amides is 2. The predicted octanol–water partition coefficient (Wildman–Crippen LogP) is 6.98. The molecule has 6 heteroatoms. The number of hydrogen-bond acceptors (Lipinski definition) is 4. The average Bonchev–Trinajstić information content (AvgIpc) is 2.98. The third-order valence-electron chi connectivity index (χ3n) is 7.32. The Morgan fingerprint density at radius 1 is 0.902 bits per heavy atom. The molecule has 1 aliphatic rings. The Hall–Kier alpha value is -3.90. The number of fused-ring (bicyclic) bond motifs is 1. The van der Waals surface area contributed by atoms with Gasteiger partial charge >= 0.3 is 0 Å². The van der Waals surface area contributed by atoms with E-state index in [9.17, 15) is 9.59 Å². The number of anilines is 1. The molecule has 6 nitrogen and oxygen atoms in total. The van der Waals surface area contributed by atoms with Gasteiger partial charge < -0.3 is 15.0 Å². The fraction of sp³-hybridized carbons (Fsp3) is 0.371. The van der Waals surface area contributed by atoms with E-state index in [1.165, 1.54) is 25.7 Å². The lowest BCUT2D eigenvalue weighted by Crippen LogP contribution is -2.36. The number of ether oxygens (including phenoxy) is 1. The quantitative estimate of drug-likeness (QED) is 0.173. The zero-order valence-electron chi connectivity index (χ0n) is 24.7. The third kappa shape index (κ3) is 8.54. The summed E-state index contributed by atoms with van der Waals surface area (Å²) in [6.45, 7) is 10.9. The van der Waals surface area contributed by atoms with Crippen LogP contribution in [0.3, 0.4) is 0 Å². The third-order valence-corrected chi connectivity index (χ3v) is 7.32. The molecular weight excluding hydrogens is 510 g/mol. The molecule has 0 unspecified atom stereocenters. The van der Waals surface area contributed by atoms with E-state index in [2.05, 4.69) is 30.1 Å². The van der Waals surface area contributed by atoms with Crippen LogP contribution < -0.4 is 15.0 Å². The predicted molar refractivity (Wildman–Crippen MR) is 167 cm³/mol. The van der Waals surface area contributed by atoms with E-state index < -0.39 is 0 Å². The highest BCUT2D eigenvalue weighted by Gasteiger charge is 2.30. The molecule has 0 fully saturated rings. The second kappa shape index (κ2) is 15.2. The van der Waals surface area contributed by atoms with Crippen molar-refractivity contribution in [3.63, 3.8) is 0 Å². The fourth-order valence-corrected chi connectivity index (χ4v) is 5.00. The summed E-state index contributed by atoms with van der Waals surface area (Å²) in [5.74, 6) is 0.620. The van der Waals surface area contributed by atoms with Crippen LogP contribution in [0.2, 0.25) is 0 Å². The van der Waals surface area contributed by atoms with Gasteiger partial charge in [0.15, 0.2) is 11.5 Å². The molecule has 3 aromatic rings. The number of carbonyl (C=O) groups is 2. The number of aryl methyl sites for hydroxylation is 1. The molecule has 0 bridgehead atoms. The van der Waals surface area contributed by atoms with Crippen molar-refractivity contribution in [3.8, 4) is 5.75 Å². The van der Waals surface area contributed by atoms with Crippen molar-refractivity contribution >= 4 is 23.6 Å². The van der Waals surface area contributed by atoms with Gasteiger partial charge in [0.1, 0.15) is 0 Å². The van der Waals surface area contributed by atoms with Crippen LogP contribution in [0.4, 0.5) is 5.69 Å². The Morgan fingerprint density at radius 2 is 1.61 bits per heavy atom. The lowest BCUT2D eigenvalue weighted by Gasteiger charge is -2.30. The van der Waals surface area contributed by atoms with E-state index in [0.29, 0.717) is 24.4 Å². The van der Waals surface area contributed by atoms with E-state index in [1.54, 1.807) is 23.1 Å². The van der Waals surface area contributed by atoms with E-state index in [-0.39, 0.29) is 17.6 Å². The van der Waals surface area contributed by atoms with Gasteiger partial charge in [0.05, 0.1) is 12.2 Å². The molecule has 3 aromatic carbocycles. The molecule has 4 rings (SSSR count). The van der Waals surface area contributed by atoms with Crippen molar-refractivity contribution in [2.75, 3.05) is 31.1 Å². The lowest BCUT2D eigenvalue weighted by molar-refractivity contribution is -0.117. The van der Waals surface area contributed by atoms with Crippen molar-refractivity contribution in [2.24, 2.45) is 0 Å². The first-order chi connectivity index (χ1) is 20.0. The number of rotatable bonds is 14. The summed E-state index contributed by atoms with van der Waals surface area (Å²) in [4.78, 5) is 30.5. The molecule has 0 saturated heterocycles. The van der Waals surface area contributed by atoms with Gasteiger partial charge in [0.2, 0.25) is 0 Å². The molecule has 216 valence electrons. The minimum absolute atomic E-state index is 0.0823. The van der Waals surface area contributed by atoms with Gasteiger partial charge in [-0.3, -0.25) is 14.5 Å². The van der Waals surface area contributed by atoms with Crippen LogP contribution in [0.5, 0.6) is 5.75 Å². The van der Waals surface area contributed by atoms with E-state index >= 15 is 0 Å². The van der Waals surface area contributed by atoms with Crippen molar-refractivity contribution in [1.29, 1.82) is 0 Å². The van der Waals surface area contributed by atoms with Gasteiger partial charge in [-0.1, -0.05) is 80.8 Å². The minimum Gasteiger partial charge on any atom is -0.449 e. The van der Waals surface area contributed by atoms with Crippen LogP contribution in [0.15, 0.2) is 78.6 Å². The first kappa shape index (κ1) is 30.1. The maximum Gasteiger partial charge on any atom is 0.294 e. The molecule has 0 radical (unpaired) electrons. The van der Waals surface area contributed by atoms with Gasteiger partial charge in [-0.2, -0.15) is 0 Å². The molecule has 1 heterocycles. The van der Waals surface area contributed by atoms with Crippen LogP contribution in [-0.2, 0) is 11.3 Å². The fourth-order valence-electron chi connectivity index (χ4n) is 5.00. The maximum atomic E-state index is 13.5. The summed E-state index contributed by atoms with van der Waals surface area (Å²) in [5, 5.41) is 3.05. The number of benzene rings is 3. The van der Waals surface area contributed by atoms with Crippen molar-refractivity contribution < 1.29 is 14.3 Å². The molecule has 1 N–H and O–H groups in total. The summed E-state index contributed by atoms with van der Waals surface area (Å²) in [6, 6.07) is 23.0. The number of hydrogen-bond donors (Lipinski definition) is 1. The van der Waals surface area contributed by atoms with Crippen LogP contribution in [0, 0.1) is 6.92 Å². The number of carbonyl (C=O) groups excluding carboxylic acids is 2. The molecule has 0 saturated carbocycles. The Bertz CT molecular complexity index is 1320. The van der Waals surface area contributed by atoms with Crippen LogP contribution in [0.1, 0.15) is 73.0 Å². The van der Waals surface area contributed by atoms with Crippen LogP contribution in [0.25, 0.3) is 6.08 Å². The van der Waals surface area contributed by atoms with Crippen molar-refractivity contribution in [2.45, 2.75) is 59.4 Å². The minimum atomic E-state index is -0.195. The van der Waals surface area contributed by atoms with Crippen molar-refractivity contribution in [3.05, 3.63) is 101 Å². The first-order valence-corrected chi connectivity index (χ1v) is 14.9. The second-order valence-corrected chi connectivity index (χ2v) is 10.7. The Kier molecular flexibility index (Phi) is 11.1. The standard InChI is InChI=1S/C35H43N3O3/c1-4-6-21-37(22-7-5-2)23-11-20-36-34(39)30-18-16-28(17-19-30)25-33-35(40)38(26-29-13-10-12-27(3)24-29)31-14-8-9-15-32(31)41-33/h8-10,12-19,24-25H,4-7,11,20-23,26H2,1-3H3,(H,36,39). The number of para-hydroxylation sites is 2. The molecular formula is C35H43N3O3. The summed E-state index contributed by atoms with van der Waals surface area (Å²) < 4.78 is 6.04. The van der Waals surface area contributed by atoms with E-state index in [0.717, 1.165) is 48.4 Å². The Balaban J connectivity index is 1.38. The highest BCUT2D eigenvalue weighted by Crippen LogP contribution is 2.36. The molecule has 41 heavy (non-hydrogen) atoms. The topological polar surface area (TPSA) is 61.9 Å². The van der Waals surface area contributed by atoms with Crippen molar-refractivity contribution in [1.82, 2.24) is 10.2 Å². The van der Waals surface area contributed by atoms with Gasteiger partial charge in [-0.15, -0.1) is 0 Å². The van der Waals surface area contributed by atoms with E-state index in [1.807, 2.05) is 61.5 Å². The SMILES string of the molecule is CCCCN(CCCC)CCCNC(=O)c1ccc(C=C2Oc3ccccc3N(Cc3cccc(C)c3)C2=O)cc1. The summed E-state index contributed by atoms with van der Waals surface area (Å²) >= 11 is 0. The summed E-state index contributed by atoms with van der Waals surface area (Å²) in [6.07, 6.45) is 7.50. The van der Waals surface area contributed by atoms with Gasteiger partial charge in [0, 0.05) is 12.1 Å². The number of nitrogens with one attached hydrogen (secondary N) is 1. The molecule has 1 aliphatic heterocycles. The summed E-state index contributed by atoms with van der Waals surface area (Å²) in [5.41, 5.74) is 4.35. The number of unbranched alkanes of at least 4 members (excludes halogenated alkanes) is 2. The zero-order chi connectivity index (χ0) is 29.0. The molecule has 0 aromatic heterocycles. The normalized spacial score (nSPS) is 13.8. The highest BCUT2D eigenvalue weighted by molar-refractivity contribution is 6.09. The van der Waals surface area contributed by atoms with Gasteiger partial charge in [0.25, 0.3) is 11.8 Å². The second-order valence-electron chi connectivity index (χ2n) is 10.7. The Morgan fingerprint density at radius 3 is 2.32 bits per heavy atom. The first-order valence-electron chi connectivity index (χ1n) is 14.9. The smallest absolute Gasteiger partial charge is 0.294 e. The Labute approximate surface area is 245 Å². The molecule has 2 amide bonds. The largest absolute Gasteiger partial charge is 0.449 e. The van der Waals surface area contributed by atoms with Crippen LogP contribution in [-0.4, -0.2) is 42.9 Å². The molecule has 0 spiro atoms. The maximum absolute atomic E-state index is 13.5. The monoisotopic (exact) mass is 553 g/mol. The molecule has 0 aliphatic carbocycles. The van der Waals surface area contributed by atoms with Gasteiger partial charge in [-0.25, -0.2) is 0 Å².